The van der Waals surface area contributed by atoms with Crippen molar-refractivity contribution in [2.45, 2.75) is 25.2 Å². The first-order valence-corrected chi connectivity index (χ1v) is 7.60. The summed E-state index contributed by atoms with van der Waals surface area (Å²) >= 11 is 0. The van der Waals surface area contributed by atoms with Crippen molar-refractivity contribution in [2.75, 3.05) is 19.8 Å². The molecule has 1 aromatic rings. The maximum absolute atomic E-state index is 10.4. The quantitative estimate of drug-likeness (QED) is 0.779. The number of ether oxygens (including phenoxy) is 1. The van der Waals surface area contributed by atoms with Crippen LogP contribution in [-0.2, 0) is 4.74 Å². The summed E-state index contributed by atoms with van der Waals surface area (Å²) in [6.07, 6.45) is 3.35. The lowest BCUT2D eigenvalue weighted by molar-refractivity contribution is 0.144. The van der Waals surface area contributed by atoms with Crippen molar-refractivity contribution in [1.29, 1.82) is 0 Å². The lowest BCUT2D eigenvalue weighted by Gasteiger charge is -2.29. The van der Waals surface area contributed by atoms with Crippen molar-refractivity contribution < 1.29 is 9.84 Å². The number of dihydropyridines is 1. The Kier molecular flexibility index (Phi) is 2.93. The van der Waals surface area contributed by atoms with E-state index < -0.39 is 0 Å². The summed E-state index contributed by atoms with van der Waals surface area (Å²) in [5.74, 6) is 1.75. The van der Waals surface area contributed by atoms with E-state index in [1.165, 1.54) is 24.0 Å². The molecule has 2 fully saturated rings. The topological polar surface area (TPSA) is 67.5 Å². The number of rotatable bonds is 2. The number of hydrogen-bond donors (Lipinski definition) is 3. The van der Waals surface area contributed by atoms with E-state index in [0.29, 0.717) is 30.6 Å². The lowest BCUT2D eigenvalue weighted by Crippen LogP contribution is -2.32. The second kappa shape index (κ2) is 4.81. The SMILES string of the molecule is NC1=C2COCCC2=C(c2ccc(C3CC3)cc2O)CN1. The number of nitrogens with two attached hydrogens (primary N) is 1. The van der Waals surface area contributed by atoms with Gasteiger partial charge in [0.05, 0.1) is 13.2 Å². The molecule has 110 valence electrons. The molecule has 2 heterocycles. The fourth-order valence-electron chi connectivity index (χ4n) is 3.29. The van der Waals surface area contributed by atoms with Gasteiger partial charge < -0.3 is 20.9 Å². The monoisotopic (exact) mass is 284 g/mol. The normalized spacial score (nSPS) is 22.1. The van der Waals surface area contributed by atoms with Crippen molar-refractivity contribution in [2.24, 2.45) is 5.73 Å². The lowest BCUT2D eigenvalue weighted by atomic mass is 9.88. The van der Waals surface area contributed by atoms with Crippen LogP contribution < -0.4 is 11.1 Å². The molecule has 0 spiro atoms. The molecule has 0 amide bonds. The van der Waals surface area contributed by atoms with Crippen LogP contribution in [0.3, 0.4) is 0 Å². The van der Waals surface area contributed by atoms with Gasteiger partial charge in [0.25, 0.3) is 0 Å². The van der Waals surface area contributed by atoms with E-state index in [0.717, 1.165) is 29.7 Å². The van der Waals surface area contributed by atoms with Crippen LogP contribution in [0.4, 0.5) is 0 Å². The summed E-state index contributed by atoms with van der Waals surface area (Å²) in [6.45, 7) is 1.94. The fourth-order valence-corrected chi connectivity index (χ4v) is 3.29. The molecule has 4 rings (SSSR count). The van der Waals surface area contributed by atoms with Crippen molar-refractivity contribution in [3.63, 3.8) is 0 Å². The number of phenolic OH excluding ortho intramolecular Hbond substituents is 1. The highest BCUT2D eigenvalue weighted by Gasteiger charge is 2.27. The number of nitrogens with one attached hydrogen (secondary N) is 1. The van der Waals surface area contributed by atoms with Crippen LogP contribution in [0.2, 0.25) is 0 Å². The van der Waals surface area contributed by atoms with Gasteiger partial charge in [-0.1, -0.05) is 12.1 Å². The van der Waals surface area contributed by atoms with Gasteiger partial charge in [0.15, 0.2) is 0 Å². The third-order valence-electron chi connectivity index (χ3n) is 4.65. The van der Waals surface area contributed by atoms with Crippen LogP contribution >= 0.6 is 0 Å². The first kappa shape index (κ1) is 12.8. The van der Waals surface area contributed by atoms with E-state index in [1.54, 1.807) is 0 Å². The van der Waals surface area contributed by atoms with Crippen LogP contribution in [-0.4, -0.2) is 24.9 Å². The number of fused-ring (bicyclic) bond motifs is 1. The molecule has 0 radical (unpaired) electrons. The number of hydrogen-bond acceptors (Lipinski definition) is 4. The van der Waals surface area contributed by atoms with E-state index in [2.05, 4.69) is 17.4 Å². The zero-order valence-corrected chi connectivity index (χ0v) is 12.0. The molecule has 0 aromatic heterocycles. The van der Waals surface area contributed by atoms with Crippen molar-refractivity contribution in [1.82, 2.24) is 5.32 Å². The summed E-state index contributed by atoms with van der Waals surface area (Å²) in [6, 6.07) is 6.14. The second-order valence-electron chi connectivity index (χ2n) is 6.06. The van der Waals surface area contributed by atoms with Crippen molar-refractivity contribution >= 4 is 5.57 Å². The molecule has 0 unspecified atom stereocenters. The Morgan fingerprint density at radius 1 is 1.19 bits per heavy atom. The van der Waals surface area contributed by atoms with Crippen LogP contribution in [0, 0.1) is 0 Å². The summed E-state index contributed by atoms with van der Waals surface area (Å²) in [5, 5.41) is 13.7. The Morgan fingerprint density at radius 3 is 2.81 bits per heavy atom. The van der Waals surface area contributed by atoms with Gasteiger partial charge >= 0.3 is 0 Å². The molecule has 0 bridgehead atoms. The Balaban J connectivity index is 1.78. The van der Waals surface area contributed by atoms with E-state index in [9.17, 15) is 5.11 Å². The predicted molar refractivity (Wildman–Crippen MR) is 81.7 cm³/mol. The number of aromatic hydroxyl groups is 1. The van der Waals surface area contributed by atoms with Crippen LogP contribution in [0.5, 0.6) is 5.75 Å². The molecule has 0 atom stereocenters. The Bertz CT molecular complexity index is 657. The average Bonchev–Trinajstić information content (AvgIpc) is 3.33. The maximum Gasteiger partial charge on any atom is 0.123 e. The van der Waals surface area contributed by atoms with Gasteiger partial charge in [0.1, 0.15) is 11.6 Å². The van der Waals surface area contributed by atoms with E-state index >= 15 is 0 Å². The fraction of sp³-hybridized carbons (Fsp3) is 0.412. The molecule has 4 N–H and O–H groups in total. The van der Waals surface area contributed by atoms with E-state index in [4.69, 9.17) is 10.5 Å². The number of benzene rings is 1. The van der Waals surface area contributed by atoms with Crippen molar-refractivity contribution in [3.05, 3.63) is 46.3 Å². The predicted octanol–water partition coefficient (Wildman–Crippen LogP) is 2.22. The molecule has 1 aliphatic carbocycles. The Hall–Kier alpha value is -1.94. The van der Waals surface area contributed by atoms with Crippen LogP contribution in [0.15, 0.2) is 35.2 Å². The molecule has 21 heavy (non-hydrogen) atoms. The Morgan fingerprint density at radius 2 is 2.05 bits per heavy atom. The standard InChI is InChI=1S/C17H20N2O2/c18-17-15-9-21-6-5-12(15)14(8-19-17)13-4-3-11(7-16(13)20)10-1-2-10/h3-4,7,10,19-20H,1-2,5-6,8-9,18H2. The summed E-state index contributed by atoms with van der Waals surface area (Å²) in [7, 11) is 0. The minimum absolute atomic E-state index is 0.384. The minimum atomic E-state index is 0.384. The second-order valence-corrected chi connectivity index (χ2v) is 6.06. The third kappa shape index (κ3) is 2.20. The van der Waals surface area contributed by atoms with Gasteiger partial charge in [-0.25, -0.2) is 0 Å². The van der Waals surface area contributed by atoms with Gasteiger partial charge in [-0.15, -0.1) is 0 Å². The number of phenols is 1. The minimum Gasteiger partial charge on any atom is -0.507 e. The van der Waals surface area contributed by atoms with Crippen LogP contribution in [0.1, 0.15) is 36.3 Å². The molecule has 4 nitrogen and oxygen atoms in total. The maximum atomic E-state index is 10.4. The third-order valence-corrected chi connectivity index (χ3v) is 4.65. The van der Waals surface area contributed by atoms with Crippen molar-refractivity contribution in [3.8, 4) is 5.75 Å². The summed E-state index contributed by atoms with van der Waals surface area (Å²) in [5.41, 5.74) is 11.7. The molecular weight excluding hydrogens is 264 g/mol. The largest absolute Gasteiger partial charge is 0.507 e. The highest BCUT2D eigenvalue weighted by Crippen LogP contribution is 2.43. The molecular formula is C17H20N2O2. The zero-order chi connectivity index (χ0) is 14.4. The molecule has 1 saturated heterocycles. The zero-order valence-electron chi connectivity index (χ0n) is 12.0. The Labute approximate surface area is 124 Å². The van der Waals surface area contributed by atoms with Crippen LogP contribution in [0.25, 0.3) is 5.57 Å². The van der Waals surface area contributed by atoms with Gasteiger partial charge in [0, 0.05) is 17.7 Å². The molecule has 1 saturated carbocycles. The first-order chi connectivity index (χ1) is 10.2. The average molecular weight is 284 g/mol. The molecule has 3 aliphatic rings. The van der Waals surface area contributed by atoms with Gasteiger partial charge in [-0.3, -0.25) is 0 Å². The molecule has 2 aliphatic heterocycles. The first-order valence-electron chi connectivity index (χ1n) is 7.60. The summed E-state index contributed by atoms with van der Waals surface area (Å²) < 4.78 is 5.51. The highest BCUT2D eigenvalue weighted by atomic mass is 16.5. The van der Waals surface area contributed by atoms with Gasteiger partial charge in [-0.2, -0.15) is 0 Å². The van der Waals surface area contributed by atoms with E-state index in [1.807, 2.05) is 6.07 Å². The van der Waals surface area contributed by atoms with Gasteiger partial charge in [0.2, 0.25) is 0 Å². The highest BCUT2D eigenvalue weighted by molar-refractivity contribution is 5.79. The van der Waals surface area contributed by atoms with Gasteiger partial charge in [-0.05, 0) is 48.0 Å². The smallest absolute Gasteiger partial charge is 0.123 e. The summed E-state index contributed by atoms with van der Waals surface area (Å²) in [4.78, 5) is 0. The van der Waals surface area contributed by atoms with E-state index in [-0.39, 0.29) is 0 Å². The molecule has 1 aromatic carbocycles. The molecule has 4 heteroatoms.